The van der Waals surface area contributed by atoms with Gasteiger partial charge in [-0.2, -0.15) is 0 Å². The molecular formula is C22H26O4. The van der Waals surface area contributed by atoms with Crippen LogP contribution in [0, 0.1) is 0 Å². The van der Waals surface area contributed by atoms with Gasteiger partial charge < -0.3 is 9.47 Å². The predicted molar refractivity (Wildman–Crippen MR) is 102 cm³/mol. The molecule has 0 N–H and O–H groups in total. The highest BCUT2D eigenvalue weighted by molar-refractivity contribution is 5.69. The van der Waals surface area contributed by atoms with Crippen LogP contribution in [-0.4, -0.2) is 11.9 Å². The molecule has 2 rings (SSSR count). The standard InChI is InChI=1S/C22H26O4/c1-5-21(17-7-11-19(12-8-17)25-15(3)23)22(6-2)18-9-13-20(14-10-18)26-16(4)24/h7-14,21-22H,5-6H2,1-4H3/t21-,22+. The van der Waals surface area contributed by atoms with Gasteiger partial charge in [-0.25, -0.2) is 0 Å². The number of carbonyl (C=O) groups excluding carboxylic acids is 2. The Labute approximate surface area is 155 Å². The van der Waals surface area contributed by atoms with Crippen molar-refractivity contribution in [2.45, 2.75) is 52.4 Å². The smallest absolute Gasteiger partial charge is 0.308 e. The second-order valence-electron chi connectivity index (χ2n) is 6.35. The molecule has 26 heavy (non-hydrogen) atoms. The van der Waals surface area contributed by atoms with Gasteiger partial charge in [0.1, 0.15) is 11.5 Å². The molecule has 0 saturated heterocycles. The molecule has 0 saturated carbocycles. The van der Waals surface area contributed by atoms with Crippen molar-refractivity contribution >= 4 is 11.9 Å². The lowest BCUT2D eigenvalue weighted by atomic mass is 9.78. The summed E-state index contributed by atoms with van der Waals surface area (Å²) in [6, 6.07) is 15.5. The van der Waals surface area contributed by atoms with Crippen molar-refractivity contribution in [2.75, 3.05) is 0 Å². The summed E-state index contributed by atoms with van der Waals surface area (Å²) < 4.78 is 10.2. The van der Waals surface area contributed by atoms with Gasteiger partial charge in [-0.15, -0.1) is 0 Å². The molecule has 138 valence electrons. The predicted octanol–water partition coefficient (Wildman–Crippen LogP) is 5.22. The summed E-state index contributed by atoms with van der Waals surface area (Å²) in [7, 11) is 0. The average Bonchev–Trinajstić information content (AvgIpc) is 2.60. The lowest BCUT2D eigenvalue weighted by Crippen LogP contribution is -2.11. The molecule has 0 bridgehead atoms. The average molecular weight is 354 g/mol. The van der Waals surface area contributed by atoms with E-state index in [1.165, 1.54) is 25.0 Å². The van der Waals surface area contributed by atoms with Crippen molar-refractivity contribution in [3.8, 4) is 11.5 Å². The minimum atomic E-state index is -0.316. The highest BCUT2D eigenvalue weighted by atomic mass is 16.5. The van der Waals surface area contributed by atoms with E-state index in [0.717, 1.165) is 12.8 Å². The first-order valence-corrected chi connectivity index (χ1v) is 9.01. The molecule has 0 spiro atoms. The number of rotatable bonds is 7. The lowest BCUT2D eigenvalue weighted by molar-refractivity contribution is -0.132. The number of benzene rings is 2. The second-order valence-corrected chi connectivity index (χ2v) is 6.35. The fraction of sp³-hybridized carbons (Fsp3) is 0.364. The molecule has 0 aliphatic heterocycles. The van der Waals surface area contributed by atoms with Crippen LogP contribution in [0.5, 0.6) is 11.5 Å². The second kappa shape index (κ2) is 9.18. The molecule has 2 atom stereocenters. The van der Waals surface area contributed by atoms with Crippen LogP contribution in [0.3, 0.4) is 0 Å². The Morgan fingerprint density at radius 3 is 1.23 bits per heavy atom. The highest BCUT2D eigenvalue weighted by Crippen LogP contribution is 2.38. The zero-order chi connectivity index (χ0) is 19.1. The molecule has 0 radical (unpaired) electrons. The highest BCUT2D eigenvalue weighted by Gasteiger charge is 2.22. The van der Waals surface area contributed by atoms with E-state index in [2.05, 4.69) is 13.8 Å². The van der Waals surface area contributed by atoms with Crippen molar-refractivity contribution in [2.24, 2.45) is 0 Å². The first kappa shape index (κ1) is 19.7. The Bertz CT molecular complexity index is 666. The Balaban J connectivity index is 2.22. The fourth-order valence-corrected chi connectivity index (χ4v) is 3.40. The Kier molecular flexibility index (Phi) is 6.96. The van der Waals surface area contributed by atoms with E-state index >= 15 is 0 Å². The fourth-order valence-electron chi connectivity index (χ4n) is 3.40. The summed E-state index contributed by atoms with van der Waals surface area (Å²) in [6.07, 6.45) is 1.99. The van der Waals surface area contributed by atoms with Gasteiger partial charge in [-0.3, -0.25) is 9.59 Å². The molecule has 2 aromatic rings. The zero-order valence-electron chi connectivity index (χ0n) is 15.8. The van der Waals surface area contributed by atoms with E-state index in [-0.39, 0.29) is 11.9 Å². The first-order valence-electron chi connectivity index (χ1n) is 9.01. The number of ether oxygens (including phenoxy) is 2. The van der Waals surface area contributed by atoms with Gasteiger partial charge in [-0.05, 0) is 60.1 Å². The lowest BCUT2D eigenvalue weighted by Gasteiger charge is -2.26. The molecule has 4 heteroatoms. The van der Waals surface area contributed by atoms with Gasteiger partial charge in [0, 0.05) is 13.8 Å². The molecule has 0 aliphatic carbocycles. The van der Waals surface area contributed by atoms with Crippen molar-refractivity contribution in [1.29, 1.82) is 0 Å². The van der Waals surface area contributed by atoms with Gasteiger partial charge in [-0.1, -0.05) is 38.1 Å². The first-order chi connectivity index (χ1) is 12.4. The SMILES string of the molecule is CC[C@H](c1ccc(OC(C)=O)cc1)[C@@H](CC)c1ccc(OC(C)=O)cc1. The molecule has 2 aromatic carbocycles. The van der Waals surface area contributed by atoms with Crippen molar-refractivity contribution in [3.63, 3.8) is 0 Å². The summed E-state index contributed by atoms with van der Waals surface area (Å²) in [5, 5.41) is 0. The summed E-state index contributed by atoms with van der Waals surface area (Å²) in [5.41, 5.74) is 2.44. The van der Waals surface area contributed by atoms with Crippen molar-refractivity contribution in [3.05, 3.63) is 59.7 Å². The van der Waals surface area contributed by atoms with Crippen molar-refractivity contribution in [1.82, 2.24) is 0 Å². The maximum Gasteiger partial charge on any atom is 0.308 e. The van der Waals surface area contributed by atoms with Crippen LogP contribution < -0.4 is 9.47 Å². The monoisotopic (exact) mass is 354 g/mol. The molecular weight excluding hydrogens is 328 g/mol. The molecule has 0 amide bonds. The van der Waals surface area contributed by atoms with Crippen LogP contribution in [0.2, 0.25) is 0 Å². The third kappa shape index (κ3) is 5.19. The van der Waals surface area contributed by atoms with E-state index < -0.39 is 0 Å². The third-order valence-corrected chi connectivity index (χ3v) is 4.51. The number of carbonyl (C=O) groups is 2. The van der Waals surface area contributed by atoms with E-state index in [0.29, 0.717) is 23.3 Å². The quantitative estimate of drug-likeness (QED) is 0.505. The molecule has 0 aliphatic rings. The van der Waals surface area contributed by atoms with E-state index in [4.69, 9.17) is 9.47 Å². The minimum absolute atomic E-state index is 0.316. The molecule has 0 unspecified atom stereocenters. The molecule has 0 fully saturated rings. The van der Waals surface area contributed by atoms with Crippen LogP contribution in [-0.2, 0) is 9.59 Å². The Hall–Kier alpha value is -2.62. The van der Waals surface area contributed by atoms with Gasteiger partial charge in [0.25, 0.3) is 0 Å². The number of hydrogen-bond acceptors (Lipinski definition) is 4. The molecule has 0 heterocycles. The van der Waals surface area contributed by atoms with E-state index in [9.17, 15) is 9.59 Å². The van der Waals surface area contributed by atoms with Gasteiger partial charge >= 0.3 is 11.9 Å². The summed E-state index contributed by atoms with van der Waals surface area (Å²) in [6.45, 7) is 7.16. The Morgan fingerprint density at radius 1 is 0.692 bits per heavy atom. The van der Waals surface area contributed by atoms with Crippen LogP contribution in [0.1, 0.15) is 63.5 Å². The van der Waals surface area contributed by atoms with Gasteiger partial charge in [0.05, 0.1) is 0 Å². The van der Waals surface area contributed by atoms with Gasteiger partial charge in [0.2, 0.25) is 0 Å². The topological polar surface area (TPSA) is 52.6 Å². The summed E-state index contributed by atoms with van der Waals surface area (Å²) in [4.78, 5) is 22.1. The summed E-state index contributed by atoms with van der Waals surface area (Å²) >= 11 is 0. The number of esters is 2. The van der Waals surface area contributed by atoms with Crippen LogP contribution in [0.15, 0.2) is 48.5 Å². The zero-order valence-corrected chi connectivity index (χ0v) is 15.8. The van der Waals surface area contributed by atoms with Crippen LogP contribution in [0.4, 0.5) is 0 Å². The molecule has 4 nitrogen and oxygen atoms in total. The number of hydrogen-bond donors (Lipinski definition) is 0. The Morgan fingerprint density at radius 2 is 1.00 bits per heavy atom. The van der Waals surface area contributed by atoms with Crippen LogP contribution in [0.25, 0.3) is 0 Å². The molecule has 0 aromatic heterocycles. The van der Waals surface area contributed by atoms with Crippen LogP contribution >= 0.6 is 0 Å². The normalized spacial score (nSPS) is 12.9. The van der Waals surface area contributed by atoms with E-state index in [1.54, 1.807) is 0 Å². The third-order valence-electron chi connectivity index (χ3n) is 4.51. The largest absolute Gasteiger partial charge is 0.427 e. The maximum absolute atomic E-state index is 11.1. The minimum Gasteiger partial charge on any atom is -0.427 e. The van der Waals surface area contributed by atoms with Gasteiger partial charge in [0.15, 0.2) is 0 Å². The summed E-state index contributed by atoms with van der Waals surface area (Å²) in [5.74, 6) is 1.20. The van der Waals surface area contributed by atoms with E-state index in [1.807, 2.05) is 48.5 Å². The van der Waals surface area contributed by atoms with Crippen molar-refractivity contribution < 1.29 is 19.1 Å². The maximum atomic E-state index is 11.1.